The first-order chi connectivity index (χ1) is 15.8. The topological polar surface area (TPSA) is 99.6 Å². The molecule has 0 aliphatic carbocycles. The molecule has 33 heavy (non-hydrogen) atoms. The molecule has 1 aromatic heterocycles. The van der Waals surface area contributed by atoms with E-state index < -0.39 is 5.54 Å². The van der Waals surface area contributed by atoms with Crippen LogP contribution in [0.25, 0.3) is 0 Å². The molecule has 1 aromatic carbocycles. The molecule has 3 heterocycles. The molecule has 2 aromatic rings. The number of carbonyl (C=O) groups is 3. The largest absolute Gasteiger partial charge is 0.350 e. The van der Waals surface area contributed by atoms with E-state index in [1.54, 1.807) is 14.0 Å². The van der Waals surface area contributed by atoms with Crippen molar-refractivity contribution < 1.29 is 14.4 Å². The fraction of sp³-hybridized carbons (Fsp3) is 0.500. The van der Waals surface area contributed by atoms with Gasteiger partial charge in [-0.1, -0.05) is 29.8 Å². The Balaban J connectivity index is 1.41. The van der Waals surface area contributed by atoms with Crippen molar-refractivity contribution in [1.29, 1.82) is 0 Å². The molecule has 2 aliphatic rings. The maximum Gasteiger partial charge on any atom is 0.272 e. The lowest BCUT2D eigenvalue weighted by molar-refractivity contribution is -0.132. The molecule has 0 unspecified atom stereocenters. The molecular weight excluding hydrogens is 420 g/mol. The second-order valence-electron chi connectivity index (χ2n) is 9.18. The van der Waals surface area contributed by atoms with Crippen molar-refractivity contribution in [3.05, 3.63) is 52.8 Å². The Kier molecular flexibility index (Phi) is 6.51. The van der Waals surface area contributed by atoms with E-state index in [2.05, 4.69) is 20.6 Å². The SMILES string of the molecule is Cc1ccc(CNC(=O)[C@@]2(C)Cn3nc(C(=O)NCCN4CCCC4)cc3C(=O)N2C)cc1. The molecule has 2 aliphatic heterocycles. The average molecular weight is 453 g/mol. The van der Waals surface area contributed by atoms with E-state index in [4.69, 9.17) is 0 Å². The van der Waals surface area contributed by atoms with Crippen LogP contribution in [-0.4, -0.2) is 76.1 Å². The number of amides is 3. The van der Waals surface area contributed by atoms with Crippen LogP contribution in [-0.2, 0) is 17.9 Å². The number of nitrogens with one attached hydrogen (secondary N) is 2. The van der Waals surface area contributed by atoms with Crippen LogP contribution in [0.2, 0.25) is 0 Å². The zero-order valence-electron chi connectivity index (χ0n) is 19.6. The van der Waals surface area contributed by atoms with Crippen molar-refractivity contribution in [2.45, 2.75) is 45.3 Å². The smallest absolute Gasteiger partial charge is 0.272 e. The lowest BCUT2D eigenvalue weighted by Gasteiger charge is -2.40. The van der Waals surface area contributed by atoms with Gasteiger partial charge in [0.1, 0.15) is 11.2 Å². The summed E-state index contributed by atoms with van der Waals surface area (Å²) in [5, 5.41) is 10.2. The number of benzene rings is 1. The van der Waals surface area contributed by atoms with E-state index >= 15 is 0 Å². The number of likely N-dealkylation sites (N-methyl/N-ethyl adjacent to an activating group) is 1. The first-order valence-electron chi connectivity index (χ1n) is 11.5. The predicted octanol–water partition coefficient (Wildman–Crippen LogP) is 1.18. The van der Waals surface area contributed by atoms with Gasteiger partial charge in [-0.2, -0.15) is 5.10 Å². The lowest BCUT2D eigenvalue weighted by Crippen LogP contribution is -2.62. The molecule has 176 valence electrons. The number of hydrogen-bond acceptors (Lipinski definition) is 5. The Morgan fingerprint density at radius 3 is 2.52 bits per heavy atom. The molecule has 0 bridgehead atoms. The highest BCUT2D eigenvalue weighted by atomic mass is 16.2. The standard InChI is InChI=1S/C24H32N6O3/c1-17-6-8-18(9-7-17)15-26-23(33)24(2)16-30-20(22(32)28(24)3)14-19(27-30)21(31)25-10-13-29-11-4-5-12-29/h6-9,14H,4-5,10-13,15-16H2,1-3H3,(H,25,31)(H,26,33)/t24-/m1/s1. The van der Waals surface area contributed by atoms with Crippen LogP contribution in [0.3, 0.4) is 0 Å². The number of aromatic nitrogens is 2. The van der Waals surface area contributed by atoms with E-state index in [-0.39, 0.29) is 30.0 Å². The Hall–Kier alpha value is -3.20. The Morgan fingerprint density at radius 1 is 1.12 bits per heavy atom. The Labute approximate surface area is 194 Å². The summed E-state index contributed by atoms with van der Waals surface area (Å²) in [6.07, 6.45) is 2.41. The van der Waals surface area contributed by atoms with Gasteiger partial charge in [0.25, 0.3) is 11.8 Å². The third kappa shape index (κ3) is 4.78. The number of hydrogen-bond donors (Lipinski definition) is 2. The highest BCUT2D eigenvalue weighted by Crippen LogP contribution is 2.26. The van der Waals surface area contributed by atoms with E-state index in [9.17, 15) is 14.4 Å². The first-order valence-corrected chi connectivity index (χ1v) is 11.5. The van der Waals surface area contributed by atoms with Crippen LogP contribution in [0.5, 0.6) is 0 Å². The summed E-state index contributed by atoms with van der Waals surface area (Å²) < 4.78 is 1.48. The number of aryl methyl sites for hydroxylation is 1. The van der Waals surface area contributed by atoms with Crippen molar-refractivity contribution in [2.24, 2.45) is 0 Å². The Bertz CT molecular complexity index is 1040. The predicted molar refractivity (Wildman–Crippen MR) is 124 cm³/mol. The summed E-state index contributed by atoms with van der Waals surface area (Å²) in [5.74, 6) is -0.911. The van der Waals surface area contributed by atoms with Crippen LogP contribution in [0.4, 0.5) is 0 Å². The zero-order chi connectivity index (χ0) is 23.6. The summed E-state index contributed by atoms with van der Waals surface area (Å²) in [6, 6.07) is 9.43. The molecular formula is C24H32N6O3. The van der Waals surface area contributed by atoms with Crippen molar-refractivity contribution in [1.82, 2.24) is 30.2 Å². The maximum atomic E-state index is 13.1. The van der Waals surface area contributed by atoms with Gasteiger partial charge in [0.2, 0.25) is 5.91 Å². The normalized spacial score (nSPS) is 20.6. The number of nitrogens with zero attached hydrogens (tertiary/aromatic N) is 4. The van der Waals surface area contributed by atoms with Crippen LogP contribution in [0, 0.1) is 6.92 Å². The minimum atomic E-state index is -1.12. The van der Waals surface area contributed by atoms with Crippen molar-refractivity contribution in [2.75, 3.05) is 33.2 Å². The molecule has 1 fully saturated rings. The summed E-state index contributed by atoms with van der Waals surface area (Å²) in [6.45, 7) is 7.75. The zero-order valence-corrected chi connectivity index (χ0v) is 19.6. The number of rotatable bonds is 7. The molecule has 1 atom stereocenters. The van der Waals surface area contributed by atoms with Gasteiger partial charge in [-0.25, -0.2) is 0 Å². The molecule has 0 spiro atoms. The van der Waals surface area contributed by atoms with E-state index in [0.29, 0.717) is 18.8 Å². The molecule has 0 saturated carbocycles. The Morgan fingerprint density at radius 2 is 1.82 bits per heavy atom. The molecule has 9 heteroatoms. The summed E-state index contributed by atoms with van der Waals surface area (Å²) >= 11 is 0. The molecule has 4 rings (SSSR count). The molecule has 3 amide bonds. The van der Waals surface area contributed by atoms with Gasteiger partial charge >= 0.3 is 0 Å². The summed E-state index contributed by atoms with van der Waals surface area (Å²) in [4.78, 5) is 42.5. The second kappa shape index (κ2) is 9.35. The monoisotopic (exact) mass is 452 g/mol. The fourth-order valence-electron chi connectivity index (χ4n) is 4.34. The van der Waals surface area contributed by atoms with Gasteiger partial charge < -0.3 is 20.4 Å². The number of likely N-dealkylation sites (tertiary alicyclic amines) is 1. The fourth-order valence-corrected chi connectivity index (χ4v) is 4.34. The second-order valence-corrected chi connectivity index (χ2v) is 9.18. The molecule has 0 radical (unpaired) electrons. The molecule has 1 saturated heterocycles. The minimum Gasteiger partial charge on any atom is -0.350 e. The average Bonchev–Trinajstić information content (AvgIpc) is 3.47. The van der Waals surface area contributed by atoms with E-state index in [1.165, 1.54) is 28.5 Å². The van der Waals surface area contributed by atoms with Crippen LogP contribution in [0.1, 0.15) is 51.9 Å². The maximum absolute atomic E-state index is 13.1. The summed E-state index contributed by atoms with van der Waals surface area (Å²) in [7, 11) is 1.61. The van der Waals surface area contributed by atoms with Gasteiger partial charge in [0.15, 0.2) is 5.69 Å². The van der Waals surface area contributed by atoms with E-state index in [1.807, 2.05) is 31.2 Å². The quantitative estimate of drug-likeness (QED) is 0.657. The van der Waals surface area contributed by atoms with Crippen LogP contribution >= 0.6 is 0 Å². The van der Waals surface area contributed by atoms with Gasteiger partial charge in [-0.15, -0.1) is 0 Å². The third-order valence-corrected chi connectivity index (χ3v) is 6.71. The number of fused-ring (bicyclic) bond motifs is 1. The minimum absolute atomic E-state index is 0.172. The third-order valence-electron chi connectivity index (χ3n) is 6.71. The van der Waals surface area contributed by atoms with Crippen molar-refractivity contribution >= 4 is 17.7 Å². The van der Waals surface area contributed by atoms with Crippen LogP contribution < -0.4 is 10.6 Å². The van der Waals surface area contributed by atoms with Crippen LogP contribution in [0.15, 0.2) is 30.3 Å². The number of carbonyl (C=O) groups excluding carboxylic acids is 3. The van der Waals surface area contributed by atoms with Crippen molar-refractivity contribution in [3.63, 3.8) is 0 Å². The van der Waals surface area contributed by atoms with Gasteiger partial charge in [0, 0.05) is 32.7 Å². The van der Waals surface area contributed by atoms with Crippen molar-refractivity contribution in [3.8, 4) is 0 Å². The summed E-state index contributed by atoms with van der Waals surface area (Å²) in [5.41, 5.74) is 1.51. The first kappa shape index (κ1) is 23.0. The lowest BCUT2D eigenvalue weighted by atomic mass is 9.95. The highest BCUT2D eigenvalue weighted by Gasteiger charge is 2.46. The van der Waals surface area contributed by atoms with Gasteiger partial charge in [-0.3, -0.25) is 19.1 Å². The molecule has 2 N–H and O–H groups in total. The van der Waals surface area contributed by atoms with E-state index in [0.717, 1.165) is 30.8 Å². The highest BCUT2D eigenvalue weighted by molar-refractivity contribution is 6.01. The van der Waals surface area contributed by atoms with Gasteiger partial charge in [0.05, 0.1) is 6.54 Å². The van der Waals surface area contributed by atoms with Gasteiger partial charge in [-0.05, 0) is 45.3 Å². The molecule has 9 nitrogen and oxygen atoms in total.